The lowest BCUT2D eigenvalue weighted by Crippen LogP contribution is -2.08. The van der Waals surface area contributed by atoms with Gasteiger partial charge in [-0.2, -0.15) is 0 Å². The fourth-order valence-electron chi connectivity index (χ4n) is 2.34. The second-order valence-electron chi connectivity index (χ2n) is 5.13. The zero-order valence-corrected chi connectivity index (χ0v) is 13.4. The van der Waals surface area contributed by atoms with E-state index in [0.29, 0.717) is 22.3 Å². The molecule has 0 unspecified atom stereocenters. The van der Waals surface area contributed by atoms with Gasteiger partial charge in [-0.15, -0.1) is 11.8 Å². The van der Waals surface area contributed by atoms with Crippen LogP contribution in [0.25, 0.3) is 0 Å². The smallest absolute Gasteiger partial charge is 0.340 e. The number of rotatable bonds is 4. The average molecular weight is 302 g/mol. The number of carboxylic acid groups (broad SMARTS) is 1. The number of aromatic carboxylic acids is 1. The number of aromatic nitrogens is 2. The van der Waals surface area contributed by atoms with E-state index in [4.69, 9.17) is 0 Å². The van der Waals surface area contributed by atoms with Crippen molar-refractivity contribution >= 4 is 17.7 Å². The molecule has 0 saturated carbocycles. The zero-order chi connectivity index (χ0) is 15.6. The minimum Gasteiger partial charge on any atom is -0.478 e. The van der Waals surface area contributed by atoms with Gasteiger partial charge in [0.25, 0.3) is 0 Å². The maximum absolute atomic E-state index is 11.4. The van der Waals surface area contributed by atoms with Crippen molar-refractivity contribution in [3.05, 3.63) is 52.0 Å². The quantitative estimate of drug-likeness (QED) is 0.689. The molecule has 0 spiro atoms. The van der Waals surface area contributed by atoms with Crippen molar-refractivity contribution in [2.45, 2.75) is 38.5 Å². The molecule has 1 aromatic heterocycles. The SMILES string of the molecule is Cc1cc(C)cc(CSc2nc(C)nc(C)c2C(=O)O)c1. The van der Waals surface area contributed by atoms with Gasteiger partial charge in [0.1, 0.15) is 16.4 Å². The third-order valence-electron chi connectivity index (χ3n) is 3.04. The molecule has 0 fully saturated rings. The predicted octanol–water partition coefficient (Wildman–Crippen LogP) is 3.70. The van der Waals surface area contributed by atoms with Crippen molar-refractivity contribution in [1.29, 1.82) is 0 Å². The highest BCUT2D eigenvalue weighted by Gasteiger charge is 2.17. The van der Waals surface area contributed by atoms with E-state index in [-0.39, 0.29) is 5.56 Å². The molecule has 0 aliphatic rings. The number of thioether (sulfide) groups is 1. The third kappa shape index (κ3) is 3.82. The maximum atomic E-state index is 11.4. The number of carbonyl (C=O) groups is 1. The van der Waals surface area contributed by atoms with Crippen molar-refractivity contribution in [3.63, 3.8) is 0 Å². The largest absolute Gasteiger partial charge is 0.478 e. The van der Waals surface area contributed by atoms with E-state index in [1.165, 1.54) is 28.5 Å². The van der Waals surface area contributed by atoms with Crippen LogP contribution < -0.4 is 0 Å². The standard InChI is InChI=1S/C16H18N2O2S/c1-9-5-10(2)7-13(6-9)8-21-15-14(16(19)20)11(3)17-12(4)18-15/h5-7H,8H2,1-4H3,(H,19,20). The summed E-state index contributed by atoms with van der Waals surface area (Å²) in [4.78, 5) is 19.8. The van der Waals surface area contributed by atoms with Crippen molar-refractivity contribution in [2.75, 3.05) is 0 Å². The van der Waals surface area contributed by atoms with Crippen molar-refractivity contribution in [1.82, 2.24) is 9.97 Å². The lowest BCUT2D eigenvalue weighted by Gasteiger charge is -2.09. The topological polar surface area (TPSA) is 63.1 Å². The number of hydrogen-bond acceptors (Lipinski definition) is 4. The van der Waals surface area contributed by atoms with Gasteiger partial charge < -0.3 is 5.11 Å². The highest BCUT2D eigenvalue weighted by atomic mass is 32.2. The fraction of sp³-hybridized carbons (Fsp3) is 0.312. The van der Waals surface area contributed by atoms with E-state index in [9.17, 15) is 9.90 Å². The summed E-state index contributed by atoms with van der Waals surface area (Å²) in [7, 11) is 0. The summed E-state index contributed by atoms with van der Waals surface area (Å²) < 4.78 is 0. The van der Waals surface area contributed by atoms with Gasteiger partial charge in [-0.25, -0.2) is 14.8 Å². The van der Waals surface area contributed by atoms with Gasteiger partial charge in [-0.3, -0.25) is 0 Å². The average Bonchev–Trinajstić information content (AvgIpc) is 2.33. The van der Waals surface area contributed by atoms with Crippen LogP contribution in [-0.4, -0.2) is 21.0 Å². The molecule has 0 aliphatic heterocycles. The summed E-state index contributed by atoms with van der Waals surface area (Å²) in [5, 5.41) is 9.86. The van der Waals surface area contributed by atoms with Gasteiger partial charge in [-0.1, -0.05) is 29.3 Å². The van der Waals surface area contributed by atoms with E-state index in [2.05, 4.69) is 42.0 Å². The Morgan fingerprint density at radius 2 is 1.71 bits per heavy atom. The van der Waals surface area contributed by atoms with Gasteiger partial charge in [0.15, 0.2) is 0 Å². The van der Waals surface area contributed by atoms with Crippen LogP contribution in [-0.2, 0) is 5.75 Å². The summed E-state index contributed by atoms with van der Waals surface area (Å²) in [5.41, 5.74) is 4.30. The van der Waals surface area contributed by atoms with Crippen LogP contribution in [0.4, 0.5) is 0 Å². The van der Waals surface area contributed by atoms with Crippen molar-refractivity contribution < 1.29 is 9.90 Å². The van der Waals surface area contributed by atoms with Gasteiger partial charge in [0.05, 0.1) is 5.69 Å². The molecule has 0 aliphatic carbocycles. The Labute approximate surface area is 128 Å². The van der Waals surface area contributed by atoms with Crippen LogP contribution in [0, 0.1) is 27.7 Å². The number of nitrogens with zero attached hydrogens (tertiary/aromatic N) is 2. The Kier molecular flexibility index (Phi) is 4.63. The molecule has 0 atom stereocenters. The van der Waals surface area contributed by atoms with Crippen LogP contribution >= 0.6 is 11.8 Å². The highest BCUT2D eigenvalue weighted by Crippen LogP contribution is 2.27. The highest BCUT2D eigenvalue weighted by molar-refractivity contribution is 7.98. The second kappa shape index (κ2) is 6.26. The molecule has 1 N–H and O–H groups in total. The zero-order valence-electron chi connectivity index (χ0n) is 12.6. The summed E-state index contributed by atoms with van der Waals surface area (Å²) in [6, 6.07) is 6.35. The van der Waals surface area contributed by atoms with Gasteiger partial charge in [-0.05, 0) is 33.3 Å². The molecule has 21 heavy (non-hydrogen) atoms. The van der Waals surface area contributed by atoms with Crippen LogP contribution in [0.1, 0.15) is 38.6 Å². The van der Waals surface area contributed by atoms with Gasteiger partial charge in [0.2, 0.25) is 0 Å². The Morgan fingerprint density at radius 1 is 1.10 bits per heavy atom. The second-order valence-corrected chi connectivity index (χ2v) is 6.09. The van der Waals surface area contributed by atoms with Crippen LogP contribution in [0.3, 0.4) is 0 Å². The number of hydrogen-bond donors (Lipinski definition) is 1. The van der Waals surface area contributed by atoms with E-state index >= 15 is 0 Å². The van der Waals surface area contributed by atoms with Crippen molar-refractivity contribution in [2.24, 2.45) is 0 Å². The summed E-state index contributed by atoms with van der Waals surface area (Å²) >= 11 is 1.44. The van der Waals surface area contributed by atoms with Crippen LogP contribution in [0.15, 0.2) is 23.2 Å². The summed E-state index contributed by atoms with van der Waals surface area (Å²) in [6.07, 6.45) is 0. The number of aryl methyl sites for hydroxylation is 4. The van der Waals surface area contributed by atoms with E-state index < -0.39 is 5.97 Å². The first-order valence-corrected chi connectivity index (χ1v) is 7.64. The number of benzene rings is 1. The molecule has 0 bridgehead atoms. The molecular formula is C16H18N2O2S. The van der Waals surface area contributed by atoms with Gasteiger partial charge >= 0.3 is 5.97 Å². The predicted molar refractivity (Wildman–Crippen MR) is 83.9 cm³/mol. The van der Waals surface area contributed by atoms with Gasteiger partial charge in [0, 0.05) is 5.75 Å². The Balaban J connectivity index is 2.29. The molecule has 2 aromatic rings. The maximum Gasteiger partial charge on any atom is 0.340 e. The molecule has 0 amide bonds. The molecule has 5 heteroatoms. The summed E-state index contributed by atoms with van der Waals surface area (Å²) in [5.74, 6) is 0.314. The first-order chi connectivity index (χ1) is 9.86. The normalized spacial score (nSPS) is 10.7. The minimum absolute atomic E-state index is 0.204. The lowest BCUT2D eigenvalue weighted by atomic mass is 10.1. The first-order valence-electron chi connectivity index (χ1n) is 6.65. The third-order valence-corrected chi connectivity index (χ3v) is 4.09. The van der Waals surface area contributed by atoms with E-state index in [0.717, 1.165) is 0 Å². The van der Waals surface area contributed by atoms with Crippen molar-refractivity contribution in [3.8, 4) is 0 Å². The van der Waals surface area contributed by atoms with Crippen LogP contribution in [0.5, 0.6) is 0 Å². The molecule has 4 nitrogen and oxygen atoms in total. The Bertz CT molecular complexity index is 679. The molecule has 0 saturated heterocycles. The number of carboxylic acids is 1. The minimum atomic E-state index is -0.976. The molecule has 1 heterocycles. The molecule has 1 aromatic carbocycles. The van der Waals surface area contributed by atoms with E-state index in [1.807, 2.05) is 0 Å². The first kappa shape index (κ1) is 15.5. The lowest BCUT2D eigenvalue weighted by molar-refractivity contribution is 0.0690. The van der Waals surface area contributed by atoms with E-state index in [1.54, 1.807) is 13.8 Å². The monoisotopic (exact) mass is 302 g/mol. The molecule has 2 rings (SSSR count). The summed E-state index contributed by atoms with van der Waals surface area (Å²) in [6.45, 7) is 7.60. The Hall–Kier alpha value is -1.88. The Morgan fingerprint density at radius 3 is 2.29 bits per heavy atom. The molecule has 110 valence electrons. The fourth-order valence-corrected chi connectivity index (χ4v) is 3.38. The molecular weight excluding hydrogens is 284 g/mol. The van der Waals surface area contributed by atoms with Crippen LogP contribution in [0.2, 0.25) is 0 Å². The molecule has 0 radical (unpaired) electrons.